The monoisotopic (exact) mass is 409 g/mol. The first-order chi connectivity index (χ1) is 14.2. The van der Waals surface area contributed by atoms with Crippen LogP contribution in [-0.4, -0.2) is 49.1 Å². The number of anilines is 1. The molecule has 3 aromatic rings. The number of hydrogen-bond donors (Lipinski definition) is 0. The van der Waals surface area contributed by atoms with E-state index in [-0.39, 0.29) is 5.91 Å². The lowest BCUT2D eigenvalue weighted by Gasteiger charge is -2.26. The molecule has 0 aliphatic carbocycles. The van der Waals surface area contributed by atoms with Crippen LogP contribution in [0.5, 0.6) is 0 Å². The Morgan fingerprint density at radius 3 is 2.79 bits per heavy atom. The number of carbonyl (C=O) groups is 1. The molecule has 152 valence electrons. The minimum absolute atomic E-state index is 0.0498. The van der Waals surface area contributed by atoms with Crippen molar-refractivity contribution in [2.24, 2.45) is 0 Å². The first kappa shape index (κ1) is 19.9. The minimum atomic E-state index is 0.0498. The van der Waals surface area contributed by atoms with Gasteiger partial charge in [-0.25, -0.2) is 4.98 Å². The highest BCUT2D eigenvalue weighted by Crippen LogP contribution is 2.29. The number of hydrogen-bond acceptors (Lipinski definition) is 5. The Hall–Kier alpha value is -2.44. The third kappa shape index (κ3) is 4.43. The fourth-order valence-corrected chi connectivity index (χ4v) is 4.56. The summed E-state index contributed by atoms with van der Waals surface area (Å²) in [7, 11) is 1.67. The molecule has 1 aliphatic rings. The number of pyridine rings is 1. The van der Waals surface area contributed by atoms with E-state index < -0.39 is 0 Å². The SMILES string of the molecule is COCCN(Cc1cc2cc(C)ccc2nc1N1CCCC1)C(=O)c1cccs1. The van der Waals surface area contributed by atoms with E-state index in [4.69, 9.17) is 9.72 Å². The van der Waals surface area contributed by atoms with Crippen molar-refractivity contribution in [1.82, 2.24) is 9.88 Å². The average molecular weight is 410 g/mol. The molecule has 1 amide bonds. The van der Waals surface area contributed by atoms with Crippen LogP contribution in [0.3, 0.4) is 0 Å². The quantitative estimate of drug-likeness (QED) is 0.577. The van der Waals surface area contributed by atoms with Crippen LogP contribution in [0.2, 0.25) is 0 Å². The summed E-state index contributed by atoms with van der Waals surface area (Å²) in [4.78, 5) is 23.1. The zero-order chi connectivity index (χ0) is 20.2. The molecule has 4 rings (SSSR count). The zero-order valence-electron chi connectivity index (χ0n) is 17.1. The van der Waals surface area contributed by atoms with Gasteiger partial charge in [-0.1, -0.05) is 17.7 Å². The summed E-state index contributed by atoms with van der Waals surface area (Å²) in [5.74, 6) is 1.06. The number of ether oxygens (including phenoxy) is 1. The van der Waals surface area contributed by atoms with Gasteiger partial charge in [-0.15, -0.1) is 11.3 Å². The Morgan fingerprint density at radius 1 is 1.24 bits per heavy atom. The molecule has 1 saturated heterocycles. The van der Waals surface area contributed by atoms with E-state index in [9.17, 15) is 4.79 Å². The van der Waals surface area contributed by atoms with Gasteiger partial charge < -0.3 is 14.5 Å². The lowest BCUT2D eigenvalue weighted by molar-refractivity contribution is 0.0685. The molecule has 0 unspecified atom stereocenters. The van der Waals surface area contributed by atoms with E-state index >= 15 is 0 Å². The summed E-state index contributed by atoms with van der Waals surface area (Å²) >= 11 is 1.48. The standard InChI is InChI=1S/C23H27N3O2S/c1-17-7-8-20-18(14-17)15-19(22(24-20)25-9-3-4-10-25)16-26(11-12-28-2)23(27)21-6-5-13-29-21/h5-8,13-15H,3-4,9-12,16H2,1-2H3. The second-order valence-electron chi connectivity index (χ2n) is 7.56. The van der Waals surface area contributed by atoms with Gasteiger partial charge in [-0.05, 0) is 49.4 Å². The fourth-order valence-electron chi connectivity index (χ4n) is 3.86. The molecule has 1 fully saturated rings. The van der Waals surface area contributed by atoms with Crippen LogP contribution in [0.25, 0.3) is 10.9 Å². The van der Waals surface area contributed by atoms with E-state index in [2.05, 4.69) is 36.1 Å². The maximum atomic E-state index is 13.1. The summed E-state index contributed by atoms with van der Waals surface area (Å²) in [6.45, 7) is 5.74. The molecule has 3 heterocycles. The maximum absolute atomic E-state index is 13.1. The van der Waals surface area contributed by atoms with Crippen LogP contribution in [0, 0.1) is 6.92 Å². The van der Waals surface area contributed by atoms with Crippen LogP contribution >= 0.6 is 11.3 Å². The van der Waals surface area contributed by atoms with Crippen molar-refractivity contribution in [2.45, 2.75) is 26.3 Å². The van der Waals surface area contributed by atoms with Gasteiger partial charge in [0.1, 0.15) is 5.82 Å². The van der Waals surface area contributed by atoms with Crippen molar-refractivity contribution in [3.63, 3.8) is 0 Å². The van der Waals surface area contributed by atoms with Crippen LogP contribution in [0.15, 0.2) is 41.8 Å². The lowest BCUT2D eigenvalue weighted by Crippen LogP contribution is -2.34. The number of methoxy groups -OCH3 is 1. The van der Waals surface area contributed by atoms with Gasteiger partial charge in [0.25, 0.3) is 5.91 Å². The van der Waals surface area contributed by atoms with E-state index in [0.29, 0.717) is 19.7 Å². The Labute approximate surface area is 175 Å². The Bertz CT molecular complexity index is 981. The topological polar surface area (TPSA) is 45.7 Å². The number of thiophene rings is 1. The number of nitrogens with zero attached hydrogens (tertiary/aromatic N) is 3. The number of benzene rings is 1. The number of rotatable bonds is 7. The molecular formula is C23H27N3O2S. The molecule has 5 nitrogen and oxygen atoms in total. The molecule has 0 bridgehead atoms. The van der Waals surface area contributed by atoms with Gasteiger partial charge in [0.2, 0.25) is 0 Å². The number of aryl methyl sites for hydroxylation is 1. The van der Waals surface area contributed by atoms with E-state index in [0.717, 1.165) is 40.3 Å². The number of amides is 1. The maximum Gasteiger partial charge on any atom is 0.264 e. The predicted molar refractivity (Wildman–Crippen MR) is 119 cm³/mol. The normalized spacial score (nSPS) is 13.9. The molecule has 6 heteroatoms. The Kier molecular flexibility index (Phi) is 6.11. The molecule has 0 atom stereocenters. The first-order valence-electron chi connectivity index (χ1n) is 10.1. The summed E-state index contributed by atoms with van der Waals surface area (Å²) in [6.07, 6.45) is 2.38. The first-order valence-corrected chi connectivity index (χ1v) is 11.0. The minimum Gasteiger partial charge on any atom is -0.383 e. The zero-order valence-corrected chi connectivity index (χ0v) is 17.9. The highest BCUT2D eigenvalue weighted by Gasteiger charge is 2.23. The highest BCUT2D eigenvalue weighted by atomic mass is 32.1. The largest absolute Gasteiger partial charge is 0.383 e. The van der Waals surface area contributed by atoms with Gasteiger partial charge >= 0.3 is 0 Å². The lowest BCUT2D eigenvalue weighted by atomic mass is 10.1. The van der Waals surface area contributed by atoms with Crippen molar-refractivity contribution < 1.29 is 9.53 Å². The number of aromatic nitrogens is 1. The Balaban J connectivity index is 1.72. The summed E-state index contributed by atoms with van der Waals surface area (Å²) in [6, 6.07) is 12.4. The molecule has 1 aromatic carbocycles. The van der Waals surface area contributed by atoms with Crippen molar-refractivity contribution >= 4 is 34.0 Å². The van der Waals surface area contributed by atoms with E-state index in [1.165, 1.54) is 29.7 Å². The van der Waals surface area contributed by atoms with Crippen LogP contribution in [0.1, 0.15) is 33.6 Å². The van der Waals surface area contributed by atoms with Gasteiger partial charge in [0, 0.05) is 44.2 Å². The van der Waals surface area contributed by atoms with Crippen LogP contribution in [-0.2, 0) is 11.3 Å². The number of fused-ring (bicyclic) bond motifs is 1. The Morgan fingerprint density at radius 2 is 2.07 bits per heavy atom. The van der Waals surface area contributed by atoms with E-state index in [1.54, 1.807) is 7.11 Å². The summed E-state index contributed by atoms with van der Waals surface area (Å²) < 4.78 is 5.28. The molecule has 0 spiro atoms. The second-order valence-corrected chi connectivity index (χ2v) is 8.51. The van der Waals surface area contributed by atoms with Crippen molar-refractivity contribution in [2.75, 3.05) is 38.3 Å². The number of carbonyl (C=O) groups excluding carboxylic acids is 1. The molecule has 0 N–H and O–H groups in total. The summed E-state index contributed by atoms with van der Waals surface area (Å²) in [5, 5.41) is 3.07. The fraction of sp³-hybridized carbons (Fsp3) is 0.391. The van der Waals surface area contributed by atoms with Crippen molar-refractivity contribution in [1.29, 1.82) is 0 Å². The van der Waals surface area contributed by atoms with Gasteiger partial charge in [0.15, 0.2) is 0 Å². The third-order valence-electron chi connectivity index (χ3n) is 5.38. The molecule has 0 saturated carbocycles. The van der Waals surface area contributed by atoms with Crippen molar-refractivity contribution in [3.05, 3.63) is 57.8 Å². The third-order valence-corrected chi connectivity index (χ3v) is 6.24. The highest BCUT2D eigenvalue weighted by molar-refractivity contribution is 7.12. The predicted octanol–water partition coefficient (Wildman–Crippen LogP) is 4.49. The van der Waals surface area contributed by atoms with Crippen molar-refractivity contribution in [3.8, 4) is 0 Å². The van der Waals surface area contributed by atoms with Gasteiger partial charge in [0.05, 0.1) is 17.0 Å². The molecule has 1 aliphatic heterocycles. The van der Waals surface area contributed by atoms with Gasteiger partial charge in [-0.2, -0.15) is 0 Å². The summed E-state index contributed by atoms with van der Waals surface area (Å²) in [5.41, 5.74) is 3.32. The van der Waals surface area contributed by atoms with E-state index in [1.807, 2.05) is 22.4 Å². The molecule has 2 aromatic heterocycles. The second kappa shape index (κ2) is 8.93. The average Bonchev–Trinajstić information content (AvgIpc) is 3.44. The van der Waals surface area contributed by atoms with Gasteiger partial charge in [-0.3, -0.25) is 4.79 Å². The smallest absolute Gasteiger partial charge is 0.264 e. The van der Waals surface area contributed by atoms with Crippen LogP contribution < -0.4 is 4.90 Å². The molecule has 29 heavy (non-hydrogen) atoms. The van der Waals surface area contributed by atoms with Crippen LogP contribution in [0.4, 0.5) is 5.82 Å². The molecular weight excluding hydrogens is 382 g/mol. The molecule has 0 radical (unpaired) electrons.